The standard InChI is InChI=1S/C17H16O5/c1-21-16(19)13-11-8-10(9-6-4-3-5-7-9)12(15(11)18)14(13)17(20)22-2/h3-7,10-12H,8H2,1-2H3. The molecular weight excluding hydrogens is 284 g/mol. The molecule has 1 aromatic rings. The maximum atomic E-state index is 12.6. The summed E-state index contributed by atoms with van der Waals surface area (Å²) in [4.78, 5) is 36.7. The Balaban J connectivity index is 2.09. The van der Waals surface area contributed by atoms with Crippen LogP contribution in [0.5, 0.6) is 0 Å². The summed E-state index contributed by atoms with van der Waals surface area (Å²) < 4.78 is 9.53. The van der Waals surface area contributed by atoms with Gasteiger partial charge in [0.05, 0.1) is 37.2 Å². The molecule has 1 fully saturated rings. The van der Waals surface area contributed by atoms with E-state index in [2.05, 4.69) is 0 Å². The molecule has 0 radical (unpaired) electrons. The second-order valence-electron chi connectivity index (χ2n) is 5.50. The Bertz CT molecular complexity index is 674. The number of carbonyl (C=O) groups is 3. The summed E-state index contributed by atoms with van der Waals surface area (Å²) in [6, 6.07) is 9.56. The van der Waals surface area contributed by atoms with Crippen LogP contribution in [0.1, 0.15) is 17.9 Å². The molecule has 114 valence electrons. The molecule has 5 heteroatoms. The zero-order valence-corrected chi connectivity index (χ0v) is 12.4. The lowest BCUT2D eigenvalue weighted by atomic mass is 9.79. The molecule has 0 aliphatic heterocycles. The number of ketones is 1. The average Bonchev–Trinajstić information content (AvgIpc) is 3.04. The van der Waals surface area contributed by atoms with Gasteiger partial charge >= 0.3 is 11.9 Å². The molecule has 22 heavy (non-hydrogen) atoms. The lowest BCUT2D eigenvalue weighted by Crippen LogP contribution is -2.24. The van der Waals surface area contributed by atoms with Crippen LogP contribution in [0.15, 0.2) is 41.5 Å². The van der Waals surface area contributed by atoms with Crippen LogP contribution in [0.25, 0.3) is 0 Å². The van der Waals surface area contributed by atoms with Gasteiger partial charge in [-0.3, -0.25) is 4.79 Å². The number of benzene rings is 1. The predicted molar refractivity (Wildman–Crippen MR) is 76.8 cm³/mol. The molecule has 0 heterocycles. The van der Waals surface area contributed by atoms with Crippen molar-refractivity contribution in [3.8, 4) is 0 Å². The minimum Gasteiger partial charge on any atom is -0.466 e. The Kier molecular flexibility index (Phi) is 3.56. The van der Waals surface area contributed by atoms with Gasteiger partial charge in [-0.25, -0.2) is 9.59 Å². The van der Waals surface area contributed by atoms with Crippen molar-refractivity contribution in [2.45, 2.75) is 12.3 Å². The SMILES string of the molecule is COC(=O)C1=C(C(=O)OC)C2C(=O)C1CC2c1ccccc1. The number of carbonyl (C=O) groups excluding carboxylic acids is 3. The van der Waals surface area contributed by atoms with Crippen molar-refractivity contribution in [3.05, 3.63) is 47.0 Å². The van der Waals surface area contributed by atoms with Crippen molar-refractivity contribution in [3.63, 3.8) is 0 Å². The highest BCUT2D eigenvalue weighted by Crippen LogP contribution is 2.54. The van der Waals surface area contributed by atoms with E-state index in [1.165, 1.54) is 14.2 Å². The fourth-order valence-corrected chi connectivity index (χ4v) is 3.62. The average molecular weight is 300 g/mol. The van der Waals surface area contributed by atoms with E-state index in [4.69, 9.17) is 9.47 Å². The van der Waals surface area contributed by atoms with Gasteiger partial charge in [-0.05, 0) is 17.9 Å². The topological polar surface area (TPSA) is 69.7 Å². The molecule has 2 aliphatic rings. The largest absolute Gasteiger partial charge is 0.466 e. The first-order valence-corrected chi connectivity index (χ1v) is 7.09. The van der Waals surface area contributed by atoms with Crippen molar-refractivity contribution < 1.29 is 23.9 Å². The fourth-order valence-electron chi connectivity index (χ4n) is 3.62. The van der Waals surface area contributed by atoms with Crippen LogP contribution >= 0.6 is 0 Å². The first-order chi connectivity index (χ1) is 10.6. The number of hydrogen-bond acceptors (Lipinski definition) is 5. The van der Waals surface area contributed by atoms with Crippen molar-refractivity contribution >= 4 is 17.7 Å². The monoisotopic (exact) mass is 300 g/mol. The molecule has 5 nitrogen and oxygen atoms in total. The highest BCUT2D eigenvalue weighted by molar-refractivity contribution is 6.15. The Labute approximate surface area is 127 Å². The van der Waals surface area contributed by atoms with Gasteiger partial charge in [-0.2, -0.15) is 0 Å². The van der Waals surface area contributed by atoms with E-state index < -0.39 is 23.8 Å². The third kappa shape index (κ3) is 1.96. The molecule has 2 aliphatic carbocycles. The van der Waals surface area contributed by atoms with Gasteiger partial charge in [0.1, 0.15) is 5.78 Å². The second-order valence-corrected chi connectivity index (χ2v) is 5.50. The first-order valence-electron chi connectivity index (χ1n) is 7.09. The second kappa shape index (κ2) is 5.40. The van der Waals surface area contributed by atoms with Crippen LogP contribution in [0, 0.1) is 11.8 Å². The van der Waals surface area contributed by atoms with E-state index in [9.17, 15) is 14.4 Å². The summed E-state index contributed by atoms with van der Waals surface area (Å²) in [7, 11) is 2.49. The molecule has 3 rings (SSSR count). The lowest BCUT2D eigenvalue weighted by molar-refractivity contribution is -0.140. The highest BCUT2D eigenvalue weighted by Gasteiger charge is 2.57. The van der Waals surface area contributed by atoms with Gasteiger partial charge < -0.3 is 9.47 Å². The molecule has 2 bridgehead atoms. The summed E-state index contributed by atoms with van der Waals surface area (Å²) in [6.45, 7) is 0. The van der Waals surface area contributed by atoms with Crippen LogP contribution < -0.4 is 0 Å². The quantitative estimate of drug-likeness (QED) is 0.794. The maximum absolute atomic E-state index is 12.6. The van der Waals surface area contributed by atoms with E-state index >= 15 is 0 Å². The van der Waals surface area contributed by atoms with E-state index in [-0.39, 0.29) is 22.8 Å². The number of hydrogen-bond donors (Lipinski definition) is 0. The zero-order chi connectivity index (χ0) is 15.9. The number of ether oxygens (including phenoxy) is 2. The summed E-state index contributed by atoms with van der Waals surface area (Å²) in [5.41, 5.74) is 1.34. The van der Waals surface area contributed by atoms with Crippen molar-refractivity contribution in [2.75, 3.05) is 14.2 Å². The van der Waals surface area contributed by atoms with Gasteiger partial charge in [-0.1, -0.05) is 30.3 Å². The van der Waals surface area contributed by atoms with Gasteiger partial charge in [0, 0.05) is 0 Å². The Morgan fingerprint density at radius 2 is 1.59 bits per heavy atom. The van der Waals surface area contributed by atoms with Crippen LogP contribution in [-0.4, -0.2) is 31.9 Å². The lowest BCUT2D eigenvalue weighted by Gasteiger charge is -2.23. The number of esters is 2. The zero-order valence-electron chi connectivity index (χ0n) is 12.4. The summed E-state index contributed by atoms with van der Waals surface area (Å²) in [5, 5.41) is 0. The van der Waals surface area contributed by atoms with Crippen LogP contribution in [0.3, 0.4) is 0 Å². The van der Waals surface area contributed by atoms with Crippen LogP contribution in [0.4, 0.5) is 0 Å². The van der Waals surface area contributed by atoms with Crippen molar-refractivity contribution in [1.29, 1.82) is 0 Å². The molecule has 0 spiro atoms. The van der Waals surface area contributed by atoms with Gasteiger partial charge in [0.15, 0.2) is 0 Å². The molecule has 0 aromatic heterocycles. The van der Waals surface area contributed by atoms with Crippen molar-refractivity contribution in [1.82, 2.24) is 0 Å². The molecule has 1 saturated carbocycles. The number of rotatable bonds is 3. The number of Topliss-reactive ketones (excluding diaryl/α,β-unsaturated/α-hetero) is 1. The van der Waals surface area contributed by atoms with Crippen LogP contribution in [-0.2, 0) is 23.9 Å². The molecule has 0 saturated heterocycles. The van der Waals surface area contributed by atoms with E-state index in [1.807, 2.05) is 30.3 Å². The third-order valence-electron chi connectivity index (χ3n) is 4.53. The van der Waals surface area contributed by atoms with Gasteiger partial charge in [0.25, 0.3) is 0 Å². The van der Waals surface area contributed by atoms with E-state index in [1.54, 1.807) is 0 Å². The normalized spacial score (nSPS) is 26.3. The third-order valence-corrected chi connectivity index (χ3v) is 4.53. The molecular formula is C17H16O5. The van der Waals surface area contributed by atoms with E-state index in [0.717, 1.165) is 5.56 Å². The Morgan fingerprint density at radius 1 is 1.00 bits per heavy atom. The number of fused-ring (bicyclic) bond motifs is 2. The van der Waals surface area contributed by atoms with Crippen molar-refractivity contribution in [2.24, 2.45) is 11.8 Å². The van der Waals surface area contributed by atoms with Gasteiger partial charge in [0.2, 0.25) is 0 Å². The fraction of sp³-hybridized carbons (Fsp3) is 0.353. The Morgan fingerprint density at radius 3 is 2.18 bits per heavy atom. The minimum absolute atomic E-state index is 0.0883. The maximum Gasteiger partial charge on any atom is 0.335 e. The highest BCUT2D eigenvalue weighted by atomic mass is 16.5. The van der Waals surface area contributed by atoms with Crippen LogP contribution in [0.2, 0.25) is 0 Å². The predicted octanol–water partition coefficient (Wildman–Crippen LogP) is 1.63. The molecule has 0 amide bonds. The molecule has 3 unspecified atom stereocenters. The summed E-state index contributed by atoms with van der Waals surface area (Å²) in [5.74, 6) is -2.61. The Hall–Kier alpha value is -2.43. The number of methoxy groups -OCH3 is 2. The molecule has 3 atom stereocenters. The minimum atomic E-state index is -0.623. The molecule has 0 N–H and O–H groups in total. The molecule has 1 aromatic carbocycles. The first kappa shape index (κ1) is 14.5. The smallest absolute Gasteiger partial charge is 0.335 e. The summed E-state index contributed by atoms with van der Waals surface area (Å²) >= 11 is 0. The van der Waals surface area contributed by atoms with E-state index in [0.29, 0.717) is 6.42 Å². The summed E-state index contributed by atoms with van der Waals surface area (Å²) in [6.07, 6.45) is 0.526. The van der Waals surface area contributed by atoms with Gasteiger partial charge in [-0.15, -0.1) is 0 Å².